The third kappa shape index (κ3) is 3.80. The maximum Gasteiger partial charge on any atom is 0.415 e. The number of anilines is 2. The van der Waals surface area contributed by atoms with E-state index in [1.54, 1.807) is 17.0 Å². The summed E-state index contributed by atoms with van der Waals surface area (Å²) in [6.07, 6.45) is -1.09. The van der Waals surface area contributed by atoms with Gasteiger partial charge in [-0.15, -0.1) is 11.3 Å². The van der Waals surface area contributed by atoms with Crippen LogP contribution in [0.2, 0.25) is 4.34 Å². The van der Waals surface area contributed by atoms with E-state index in [0.717, 1.165) is 31.9 Å². The van der Waals surface area contributed by atoms with Crippen LogP contribution in [0.5, 0.6) is 5.75 Å². The molecule has 2 fully saturated rings. The molecule has 5 rings (SSSR count). The summed E-state index contributed by atoms with van der Waals surface area (Å²) in [5.74, 6) is 0.728. The zero-order valence-corrected chi connectivity index (χ0v) is 19.1. The van der Waals surface area contributed by atoms with E-state index in [9.17, 15) is 9.59 Å². The van der Waals surface area contributed by atoms with E-state index in [0.29, 0.717) is 26.4 Å². The lowest BCUT2D eigenvalue weighted by molar-refractivity contribution is 0.0905. The molecule has 10 heteroatoms. The molecule has 3 aliphatic heterocycles. The Hall–Kier alpha value is -2.75. The topological polar surface area (TPSA) is 74.3 Å². The van der Waals surface area contributed by atoms with Crippen molar-refractivity contribution >= 4 is 46.3 Å². The average molecular weight is 475 g/mol. The fourth-order valence-electron chi connectivity index (χ4n) is 4.25. The highest BCUT2D eigenvalue weighted by atomic mass is 35.5. The Morgan fingerprint density at radius 1 is 1.25 bits per heavy atom. The molecule has 1 aromatic carbocycles. The molecule has 2 unspecified atom stereocenters. The maximum absolute atomic E-state index is 12.7. The standard InChI is InChI=1S/C22H23ClN4O4S/c1-13-20-17(12-24-21(28)18-5-6-19(23)32-18)31-22(29)27(20)15-4-3-14(11-16(15)30-13)26-9-7-25(2)8-10-26/h3-6,11,17,20H,1,7-10,12H2,2H3,(H,24,28). The number of rotatable bonds is 4. The molecule has 0 saturated carbocycles. The van der Waals surface area contributed by atoms with Crippen LogP contribution in [0.25, 0.3) is 0 Å². The van der Waals surface area contributed by atoms with Crippen LogP contribution in [-0.2, 0) is 4.74 Å². The molecule has 2 saturated heterocycles. The minimum Gasteiger partial charge on any atom is -0.458 e. The summed E-state index contributed by atoms with van der Waals surface area (Å²) in [5, 5.41) is 2.81. The number of carbonyl (C=O) groups is 2. The van der Waals surface area contributed by atoms with Crippen LogP contribution in [-0.4, -0.2) is 68.8 Å². The Labute approximate surface area is 194 Å². The first kappa shape index (κ1) is 21.1. The molecule has 8 nitrogen and oxygen atoms in total. The van der Waals surface area contributed by atoms with Gasteiger partial charge in [-0.3, -0.25) is 9.69 Å². The summed E-state index contributed by atoms with van der Waals surface area (Å²) in [7, 11) is 2.12. The quantitative estimate of drug-likeness (QED) is 0.733. The van der Waals surface area contributed by atoms with Gasteiger partial charge < -0.3 is 24.6 Å². The third-order valence-corrected chi connectivity index (χ3v) is 7.21. The molecule has 1 aromatic heterocycles. The first-order chi connectivity index (χ1) is 15.4. The SMILES string of the molecule is C=C1Oc2cc(N3CCN(C)CC3)ccc2N2C(=O)OC(CNC(=O)c3ccc(Cl)s3)C12. The van der Waals surface area contributed by atoms with Crippen LogP contribution < -0.4 is 19.9 Å². The van der Waals surface area contributed by atoms with Crippen molar-refractivity contribution in [3.63, 3.8) is 0 Å². The Morgan fingerprint density at radius 3 is 2.75 bits per heavy atom. The van der Waals surface area contributed by atoms with E-state index in [1.807, 2.05) is 18.2 Å². The van der Waals surface area contributed by atoms with E-state index >= 15 is 0 Å². The molecule has 0 radical (unpaired) electrons. The third-order valence-electron chi connectivity index (χ3n) is 5.98. The summed E-state index contributed by atoms with van der Waals surface area (Å²) < 4.78 is 12.2. The van der Waals surface area contributed by atoms with E-state index in [4.69, 9.17) is 21.1 Å². The fraction of sp³-hybridized carbons (Fsp3) is 0.364. The lowest BCUT2D eigenvalue weighted by Gasteiger charge is -2.36. The highest BCUT2D eigenvalue weighted by Gasteiger charge is 2.49. The number of nitrogens with one attached hydrogen (secondary N) is 1. The number of hydrogen-bond donors (Lipinski definition) is 1. The number of carbonyl (C=O) groups excluding carboxylic acids is 2. The normalized spacial score (nSPS) is 22.8. The zero-order chi connectivity index (χ0) is 22.4. The smallest absolute Gasteiger partial charge is 0.415 e. The number of cyclic esters (lactones) is 1. The van der Waals surface area contributed by atoms with Crippen molar-refractivity contribution in [2.24, 2.45) is 0 Å². The Balaban J connectivity index is 1.32. The van der Waals surface area contributed by atoms with Crippen molar-refractivity contribution < 1.29 is 19.1 Å². The number of hydrogen-bond acceptors (Lipinski definition) is 7. The number of nitrogens with zero attached hydrogens (tertiary/aromatic N) is 3. The first-order valence-corrected chi connectivity index (χ1v) is 11.6. The summed E-state index contributed by atoms with van der Waals surface area (Å²) in [6, 6.07) is 8.65. The van der Waals surface area contributed by atoms with Gasteiger partial charge in [0.05, 0.1) is 21.4 Å². The monoisotopic (exact) mass is 474 g/mol. The largest absolute Gasteiger partial charge is 0.458 e. The molecule has 1 N–H and O–H groups in total. The molecule has 0 bridgehead atoms. The van der Waals surface area contributed by atoms with Crippen LogP contribution in [0.15, 0.2) is 42.7 Å². The van der Waals surface area contributed by atoms with Crippen molar-refractivity contribution in [1.82, 2.24) is 10.2 Å². The van der Waals surface area contributed by atoms with Gasteiger partial charge in [-0.1, -0.05) is 18.2 Å². The van der Waals surface area contributed by atoms with Gasteiger partial charge in [-0.25, -0.2) is 4.79 Å². The maximum atomic E-state index is 12.7. The summed E-state index contributed by atoms with van der Waals surface area (Å²) >= 11 is 7.10. The first-order valence-electron chi connectivity index (χ1n) is 10.4. The average Bonchev–Trinajstić information content (AvgIpc) is 3.36. The molecule has 4 heterocycles. The number of ether oxygens (including phenoxy) is 2. The lowest BCUT2D eigenvalue weighted by Crippen LogP contribution is -2.46. The van der Waals surface area contributed by atoms with Crippen molar-refractivity contribution in [3.05, 3.63) is 51.9 Å². The van der Waals surface area contributed by atoms with E-state index < -0.39 is 18.2 Å². The predicted octanol–water partition coefficient (Wildman–Crippen LogP) is 3.18. The van der Waals surface area contributed by atoms with Gasteiger partial charge >= 0.3 is 6.09 Å². The number of piperazine rings is 1. The molecule has 32 heavy (non-hydrogen) atoms. The Kier molecular flexibility index (Phi) is 5.48. The van der Waals surface area contributed by atoms with Gasteiger partial charge in [0.25, 0.3) is 5.91 Å². The Morgan fingerprint density at radius 2 is 2.03 bits per heavy atom. The van der Waals surface area contributed by atoms with Crippen molar-refractivity contribution in [1.29, 1.82) is 0 Å². The predicted molar refractivity (Wildman–Crippen MR) is 124 cm³/mol. The summed E-state index contributed by atoms with van der Waals surface area (Å²) in [5.41, 5.74) is 1.69. The second kappa shape index (κ2) is 8.31. The number of thiophene rings is 1. The molecule has 0 aliphatic carbocycles. The van der Waals surface area contributed by atoms with Crippen LogP contribution >= 0.6 is 22.9 Å². The van der Waals surface area contributed by atoms with Gasteiger partial charge in [0.1, 0.15) is 17.9 Å². The molecule has 2 atom stereocenters. The highest BCUT2D eigenvalue weighted by molar-refractivity contribution is 7.18. The molecule has 2 amide bonds. The number of likely N-dealkylation sites (N-methyl/N-ethyl adjacent to an activating group) is 1. The van der Waals surface area contributed by atoms with Crippen molar-refractivity contribution in [2.75, 3.05) is 49.6 Å². The van der Waals surface area contributed by atoms with Gasteiger partial charge in [0.15, 0.2) is 5.75 Å². The second-order valence-corrected chi connectivity index (χ2v) is 9.78. The van der Waals surface area contributed by atoms with E-state index in [1.165, 1.54) is 11.3 Å². The number of halogens is 1. The molecule has 168 valence electrons. The summed E-state index contributed by atoms with van der Waals surface area (Å²) in [4.78, 5) is 31.8. The zero-order valence-electron chi connectivity index (χ0n) is 17.5. The van der Waals surface area contributed by atoms with E-state index in [-0.39, 0.29) is 12.5 Å². The number of amides is 2. The van der Waals surface area contributed by atoms with Gasteiger partial charge in [0, 0.05) is 37.9 Å². The van der Waals surface area contributed by atoms with Gasteiger partial charge in [-0.2, -0.15) is 0 Å². The van der Waals surface area contributed by atoms with Gasteiger partial charge in [0.2, 0.25) is 0 Å². The number of fused-ring (bicyclic) bond motifs is 3. The molecular weight excluding hydrogens is 452 g/mol. The molecule has 2 aromatic rings. The molecular formula is C22H23ClN4O4S. The number of benzene rings is 1. The van der Waals surface area contributed by atoms with Crippen molar-refractivity contribution in [2.45, 2.75) is 12.1 Å². The Bertz CT molecular complexity index is 1080. The fourth-order valence-corrected chi connectivity index (χ4v) is 5.21. The minimum absolute atomic E-state index is 0.137. The molecule has 0 spiro atoms. The second-order valence-electron chi connectivity index (χ2n) is 8.06. The van der Waals surface area contributed by atoms with Crippen LogP contribution in [0.1, 0.15) is 9.67 Å². The summed E-state index contributed by atoms with van der Waals surface area (Å²) in [6.45, 7) is 8.03. The van der Waals surface area contributed by atoms with Crippen LogP contribution in [0.4, 0.5) is 16.2 Å². The van der Waals surface area contributed by atoms with Crippen molar-refractivity contribution in [3.8, 4) is 5.75 Å². The minimum atomic E-state index is -0.611. The van der Waals surface area contributed by atoms with Crippen LogP contribution in [0, 0.1) is 0 Å². The van der Waals surface area contributed by atoms with Gasteiger partial charge in [-0.05, 0) is 31.3 Å². The van der Waals surface area contributed by atoms with Crippen LogP contribution in [0.3, 0.4) is 0 Å². The van der Waals surface area contributed by atoms with E-state index in [2.05, 4.69) is 28.7 Å². The molecule has 3 aliphatic rings. The lowest BCUT2D eigenvalue weighted by atomic mass is 10.0. The highest BCUT2D eigenvalue weighted by Crippen LogP contribution is 2.44.